The molecule has 3 N–H and O–H groups in total. The molecular weight excluding hydrogens is 507 g/mol. The highest BCUT2D eigenvalue weighted by molar-refractivity contribution is 14.0. The maximum absolute atomic E-state index is 12.1. The van der Waals surface area contributed by atoms with Gasteiger partial charge in [0.1, 0.15) is 0 Å². The van der Waals surface area contributed by atoms with E-state index in [4.69, 9.17) is 9.47 Å². The summed E-state index contributed by atoms with van der Waals surface area (Å²) in [5.74, 6) is 1.93. The van der Waals surface area contributed by atoms with Crippen molar-refractivity contribution in [2.24, 2.45) is 4.99 Å². The van der Waals surface area contributed by atoms with Crippen LogP contribution in [-0.2, 0) is 6.54 Å². The maximum Gasteiger partial charge on any atom is 0.251 e. The molecule has 0 aliphatic heterocycles. The minimum absolute atomic E-state index is 0. The average Bonchev–Trinajstić information content (AvgIpc) is 2.78. The summed E-state index contributed by atoms with van der Waals surface area (Å²) in [4.78, 5) is 16.7. The minimum Gasteiger partial charge on any atom is -0.493 e. The monoisotopic (exact) mass is 540 g/mol. The van der Waals surface area contributed by atoms with Gasteiger partial charge < -0.3 is 25.4 Å². The predicted octanol–water partition coefficient (Wildman–Crippen LogP) is 4.43. The van der Waals surface area contributed by atoms with Gasteiger partial charge in [0, 0.05) is 30.4 Å². The number of hydrogen-bond donors (Lipinski definition) is 3. The molecule has 0 radical (unpaired) electrons. The Morgan fingerprint density at radius 2 is 1.68 bits per heavy atom. The molecule has 2 aromatic carbocycles. The fourth-order valence-electron chi connectivity index (χ4n) is 2.77. The van der Waals surface area contributed by atoms with E-state index in [1.807, 2.05) is 49.4 Å². The molecule has 8 heteroatoms. The van der Waals surface area contributed by atoms with Crippen molar-refractivity contribution in [3.63, 3.8) is 0 Å². The summed E-state index contributed by atoms with van der Waals surface area (Å²) in [7, 11) is 3.21. The van der Waals surface area contributed by atoms with Gasteiger partial charge in [0.25, 0.3) is 5.91 Å². The van der Waals surface area contributed by atoms with E-state index in [0.29, 0.717) is 36.1 Å². The second-order valence-electron chi connectivity index (χ2n) is 6.70. The lowest BCUT2D eigenvalue weighted by Gasteiger charge is -2.14. The standard InChI is InChI=1S/C23H32N4O3.HI/c1-5-7-14-25-22(28)18-10-8-17(9-11-18)16-26-23(24-6-2)27-19-12-13-20(29-3)21(15-19)30-4;/h8-13,15H,5-7,14,16H2,1-4H3,(H,25,28)(H2,24,26,27);1H. The number of benzene rings is 2. The van der Waals surface area contributed by atoms with E-state index in [0.717, 1.165) is 30.6 Å². The van der Waals surface area contributed by atoms with Crippen molar-refractivity contribution in [1.82, 2.24) is 10.6 Å². The van der Waals surface area contributed by atoms with Crippen LogP contribution in [0.4, 0.5) is 5.69 Å². The number of halogens is 1. The van der Waals surface area contributed by atoms with Gasteiger partial charge in [-0.25, -0.2) is 4.99 Å². The molecule has 1 amide bonds. The van der Waals surface area contributed by atoms with Gasteiger partial charge in [-0.1, -0.05) is 25.5 Å². The van der Waals surface area contributed by atoms with E-state index in [-0.39, 0.29) is 29.9 Å². The van der Waals surface area contributed by atoms with Crippen LogP contribution in [0.2, 0.25) is 0 Å². The number of ether oxygens (including phenoxy) is 2. The molecule has 0 aliphatic rings. The zero-order chi connectivity index (χ0) is 21.8. The molecule has 0 aromatic heterocycles. The maximum atomic E-state index is 12.1. The molecule has 0 spiro atoms. The van der Waals surface area contributed by atoms with Crippen LogP contribution in [0.15, 0.2) is 47.5 Å². The number of carbonyl (C=O) groups excluding carboxylic acids is 1. The highest BCUT2D eigenvalue weighted by Crippen LogP contribution is 2.29. The molecule has 0 saturated heterocycles. The van der Waals surface area contributed by atoms with E-state index in [1.165, 1.54) is 0 Å². The van der Waals surface area contributed by atoms with E-state index in [1.54, 1.807) is 14.2 Å². The van der Waals surface area contributed by atoms with Crippen LogP contribution in [0.5, 0.6) is 11.5 Å². The molecule has 0 unspecified atom stereocenters. The molecule has 2 rings (SSSR count). The molecule has 0 saturated carbocycles. The van der Waals surface area contributed by atoms with Crippen LogP contribution in [-0.4, -0.2) is 39.2 Å². The summed E-state index contributed by atoms with van der Waals surface area (Å²) in [5, 5.41) is 9.43. The first-order valence-corrected chi connectivity index (χ1v) is 10.3. The van der Waals surface area contributed by atoms with Gasteiger partial charge in [-0.15, -0.1) is 24.0 Å². The summed E-state index contributed by atoms with van der Waals surface area (Å²) in [6.45, 7) is 6.03. The van der Waals surface area contributed by atoms with Gasteiger partial charge in [-0.3, -0.25) is 4.79 Å². The van der Waals surface area contributed by atoms with Crippen LogP contribution in [0.25, 0.3) is 0 Å². The van der Waals surface area contributed by atoms with Gasteiger partial charge >= 0.3 is 0 Å². The van der Waals surface area contributed by atoms with Crippen molar-refractivity contribution in [2.75, 3.05) is 32.6 Å². The summed E-state index contributed by atoms with van der Waals surface area (Å²) >= 11 is 0. The van der Waals surface area contributed by atoms with E-state index >= 15 is 0 Å². The van der Waals surface area contributed by atoms with Crippen LogP contribution >= 0.6 is 24.0 Å². The van der Waals surface area contributed by atoms with Crippen molar-refractivity contribution in [3.8, 4) is 11.5 Å². The van der Waals surface area contributed by atoms with Crippen LogP contribution in [0.1, 0.15) is 42.6 Å². The second kappa shape index (κ2) is 14.5. The number of nitrogens with one attached hydrogen (secondary N) is 3. The fraction of sp³-hybridized carbons (Fsp3) is 0.391. The molecule has 0 atom stereocenters. The number of unbranched alkanes of at least 4 members (excludes halogenated alkanes) is 1. The molecule has 0 aliphatic carbocycles. The normalized spacial score (nSPS) is 10.6. The molecule has 7 nitrogen and oxygen atoms in total. The first-order valence-electron chi connectivity index (χ1n) is 10.3. The third-order valence-corrected chi connectivity index (χ3v) is 4.44. The minimum atomic E-state index is -0.0399. The molecule has 31 heavy (non-hydrogen) atoms. The topological polar surface area (TPSA) is 84.0 Å². The third kappa shape index (κ3) is 8.64. The van der Waals surface area contributed by atoms with Gasteiger partial charge in [0.05, 0.1) is 20.8 Å². The third-order valence-electron chi connectivity index (χ3n) is 4.44. The summed E-state index contributed by atoms with van der Waals surface area (Å²) in [6.07, 6.45) is 2.04. The van der Waals surface area contributed by atoms with E-state index in [9.17, 15) is 4.79 Å². The van der Waals surface area contributed by atoms with Crippen molar-refractivity contribution in [2.45, 2.75) is 33.2 Å². The van der Waals surface area contributed by atoms with Crippen LogP contribution in [0.3, 0.4) is 0 Å². The molecule has 0 heterocycles. The fourth-order valence-corrected chi connectivity index (χ4v) is 2.77. The molecule has 170 valence electrons. The largest absolute Gasteiger partial charge is 0.493 e. The molecule has 2 aromatic rings. The zero-order valence-electron chi connectivity index (χ0n) is 18.7. The number of aliphatic imine (C=N–C) groups is 1. The summed E-state index contributed by atoms with van der Waals surface area (Å²) in [5.41, 5.74) is 2.52. The average molecular weight is 540 g/mol. The lowest BCUT2D eigenvalue weighted by molar-refractivity contribution is 0.0953. The number of hydrogen-bond acceptors (Lipinski definition) is 4. The Morgan fingerprint density at radius 1 is 0.968 bits per heavy atom. The Kier molecular flexibility index (Phi) is 12.4. The number of methoxy groups -OCH3 is 2. The second-order valence-corrected chi connectivity index (χ2v) is 6.70. The van der Waals surface area contributed by atoms with Crippen molar-refractivity contribution in [1.29, 1.82) is 0 Å². The first kappa shape index (κ1) is 26.5. The quantitative estimate of drug-likeness (QED) is 0.180. The van der Waals surface area contributed by atoms with Gasteiger partial charge in [0.15, 0.2) is 17.5 Å². The van der Waals surface area contributed by atoms with Crippen molar-refractivity contribution in [3.05, 3.63) is 53.6 Å². The number of nitrogens with zero attached hydrogens (tertiary/aromatic N) is 1. The van der Waals surface area contributed by atoms with E-state index < -0.39 is 0 Å². The number of amides is 1. The lowest BCUT2D eigenvalue weighted by Crippen LogP contribution is -2.30. The Morgan fingerprint density at radius 3 is 2.29 bits per heavy atom. The van der Waals surface area contributed by atoms with Crippen molar-refractivity contribution >= 4 is 41.5 Å². The van der Waals surface area contributed by atoms with Gasteiger partial charge in [-0.05, 0) is 43.2 Å². The Labute approximate surface area is 202 Å². The lowest BCUT2D eigenvalue weighted by atomic mass is 10.1. The Bertz CT molecular complexity index is 841. The SMILES string of the molecule is CCCCNC(=O)c1ccc(CN=C(NCC)Nc2ccc(OC)c(OC)c2)cc1.I. The number of guanidine groups is 1. The van der Waals surface area contributed by atoms with Gasteiger partial charge in [0.2, 0.25) is 0 Å². The first-order chi connectivity index (χ1) is 14.6. The van der Waals surface area contributed by atoms with Crippen LogP contribution in [0, 0.1) is 0 Å². The predicted molar refractivity (Wildman–Crippen MR) is 137 cm³/mol. The van der Waals surface area contributed by atoms with E-state index in [2.05, 4.69) is 27.9 Å². The zero-order valence-corrected chi connectivity index (χ0v) is 21.0. The number of carbonyl (C=O) groups is 1. The smallest absolute Gasteiger partial charge is 0.251 e. The molecule has 0 bridgehead atoms. The highest BCUT2D eigenvalue weighted by atomic mass is 127. The number of anilines is 1. The Hall–Kier alpha value is -2.49. The van der Waals surface area contributed by atoms with Crippen molar-refractivity contribution < 1.29 is 14.3 Å². The summed E-state index contributed by atoms with van der Waals surface area (Å²) in [6, 6.07) is 13.1. The molecular formula is C23H33IN4O3. The summed E-state index contributed by atoms with van der Waals surface area (Å²) < 4.78 is 10.6. The Balaban J connectivity index is 0.00000480. The van der Waals surface area contributed by atoms with Crippen LogP contribution < -0.4 is 25.4 Å². The number of rotatable bonds is 10. The van der Waals surface area contributed by atoms with Gasteiger partial charge in [-0.2, -0.15) is 0 Å². The highest BCUT2D eigenvalue weighted by Gasteiger charge is 2.07. The molecule has 0 fully saturated rings.